The molecule has 1 saturated heterocycles. The van der Waals surface area contributed by atoms with Gasteiger partial charge in [0.2, 0.25) is 6.79 Å². The number of ether oxygens (including phenoxy) is 6. The van der Waals surface area contributed by atoms with Gasteiger partial charge in [-0.1, -0.05) is 62.4 Å². The zero-order valence-electron chi connectivity index (χ0n) is 26.4. The molecule has 13 heteroatoms. The molecule has 1 aliphatic rings. The molecule has 1 aliphatic heterocycles. The third-order valence-corrected chi connectivity index (χ3v) is 7.17. The fourth-order valence-electron chi connectivity index (χ4n) is 4.67. The van der Waals surface area contributed by atoms with Gasteiger partial charge in [-0.15, -0.1) is 0 Å². The van der Waals surface area contributed by atoms with Crippen molar-refractivity contribution in [3.8, 4) is 11.5 Å². The summed E-state index contributed by atoms with van der Waals surface area (Å²) in [5.41, 5.74) is 0.758. The maximum atomic E-state index is 13.5. The van der Waals surface area contributed by atoms with Crippen LogP contribution in [-0.2, 0) is 39.8 Å². The number of carbonyl (C=O) groups is 5. The van der Waals surface area contributed by atoms with Crippen LogP contribution in [0, 0.1) is 11.8 Å². The molecule has 0 bridgehead atoms. The minimum atomic E-state index is -1.47. The summed E-state index contributed by atoms with van der Waals surface area (Å²) < 4.78 is 32.9. The standard InChI is InChI=1S/C34H36N2O11/c1-20(2)31(38)47-28-21(3)46-34(41)25(18-43-33(40)24(28)17-22-11-7-5-8-12-22)36-30(37)27-29(26(42-4)15-16-35-27)44-19-45-32(39)23-13-9-6-10-14-23/h5-16,20-21,24-25,28H,17-19H2,1-4H3,(H,36,37)/t21-,24+,25-,28-/m0/s1. The summed E-state index contributed by atoms with van der Waals surface area (Å²) in [6.07, 6.45) is -0.841. The summed E-state index contributed by atoms with van der Waals surface area (Å²) in [5.74, 6) is -5.44. The van der Waals surface area contributed by atoms with E-state index in [-0.39, 0.29) is 23.6 Å². The second-order valence-corrected chi connectivity index (χ2v) is 10.9. The van der Waals surface area contributed by atoms with Crippen LogP contribution in [0.1, 0.15) is 47.2 Å². The number of aromatic nitrogens is 1. The fraction of sp³-hybridized carbons (Fsp3) is 0.353. The minimum Gasteiger partial charge on any atom is -0.493 e. The van der Waals surface area contributed by atoms with E-state index >= 15 is 0 Å². The average molecular weight is 649 g/mol. The molecule has 13 nitrogen and oxygen atoms in total. The highest BCUT2D eigenvalue weighted by atomic mass is 16.7. The van der Waals surface area contributed by atoms with Crippen LogP contribution in [-0.4, -0.2) is 73.5 Å². The molecule has 1 fully saturated rings. The lowest BCUT2D eigenvalue weighted by Gasteiger charge is -2.29. The van der Waals surface area contributed by atoms with Crippen molar-refractivity contribution >= 4 is 29.8 Å². The molecule has 2 heterocycles. The molecule has 3 aromatic rings. The molecule has 47 heavy (non-hydrogen) atoms. The largest absolute Gasteiger partial charge is 0.493 e. The molecular weight excluding hydrogens is 612 g/mol. The van der Waals surface area contributed by atoms with E-state index in [1.165, 1.54) is 26.3 Å². The van der Waals surface area contributed by atoms with Crippen molar-refractivity contribution in [2.24, 2.45) is 11.8 Å². The lowest BCUT2D eigenvalue weighted by Crippen LogP contribution is -2.47. The van der Waals surface area contributed by atoms with Crippen LogP contribution < -0.4 is 14.8 Å². The van der Waals surface area contributed by atoms with Gasteiger partial charge in [-0.2, -0.15) is 0 Å². The quantitative estimate of drug-likeness (QED) is 0.183. The van der Waals surface area contributed by atoms with E-state index in [1.807, 2.05) is 18.2 Å². The normalized spacial score (nSPS) is 19.6. The van der Waals surface area contributed by atoms with Crippen molar-refractivity contribution in [2.75, 3.05) is 20.5 Å². The van der Waals surface area contributed by atoms with Crippen LogP contribution in [0.15, 0.2) is 72.9 Å². The Bertz CT molecular complexity index is 1560. The highest BCUT2D eigenvalue weighted by molar-refractivity contribution is 5.98. The smallest absolute Gasteiger partial charge is 0.340 e. The number of hydrogen-bond donors (Lipinski definition) is 1. The molecule has 0 spiro atoms. The molecule has 1 N–H and O–H groups in total. The summed E-state index contributed by atoms with van der Waals surface area (Å²) in [6, 6.07) is 17.2. The molecule has 4 atom stereocenters. The van der Waals surface area contributed by atoms with Gasteiger partial charge in [-0.3, -0.25) is 14.4 Å². The Morgan fingerprint density at radius 3 is 2.32 bits per heavy atom. The fourth-order valence-corrected chi connectivity index (χ4v) is 4.67. The number of esters is 4. The van der Waals surface area contributed by atoms with E-state index < -0.39 is 73.3 Å². The predicted molar refractivity (Wildman–Crippen MR) is 164 cm³/mol. The summed E-state index contributed by atoms with van der Waals surface area (Å²) >= 11 is 0. The summed E-state index contributed by atoms with van der Waals surface area (Å²) in [6.45, 7) is 3.61. The minimum absolute atomic E-state index is 0.0940. The van der Waals surface area contributed by atoms with Gasteiger partial charge >= 0.3 is 23.9 Å². The van der Waals surface area contributed by atoms with Gasteiger partial charge < -0.3 is 33.7 Å². The summed E-state index contributed by atoms with van der Waals surface area (Å²) in [7, 11) is 1.34. The number of rotatable bonds is 11. The highest BCUT2D eigenvalue weighted by Gasteiger charge is 2.42. The van der Waals surface area contributed by atoms with Gasteiger partial charge in [0.15, 0.2) is 29.3 Å². The molecule has 0 aliphatic carbocycles. The first-order chi connectivity index (χ1) is 22.6. The van der Waals surface area contributed by atoms with Gasteiger partial charge in [0.1, 0.15) is 18.6 Å². The number of hydrogen-bond acceptors (Lipinski definition) is 12. The number of benzene rings is 2. The molecular formula is C34H36N2O11. The van der Waals surface area contributed by atoms with Crippen molar-refractivity contribution in [3.05, 3.63) is 89.7 Å². The molecule has 4 rings (SSSR count). The van der Waals surface area contributed by atoms with Gasteiger partial charge in [-0.05, 0) is 31.0 Å². The molecule has 0 saturated carbocycles. The van der Waals surface area contributed by atoms with Crippen LogP contribution in [0.5, 0.6) is 11.5 Å². The number of nitrogens with zero attached hydrogens (tertiary/aromatic N) is 1. The molecule has 0 unspecified atom stereocenters. The molecule has 1 amide bonds. The van der Waals surface area contributed by atoms with Gasteiger partial charge in [0.05, 0.1) is 18.6 Å². The zero-order chi connectivity index (χ0) is 33.9. The number of carbonyl (C=O) groups excluding carboxylic acids is 5. The van der Waals surface area contributed by atoms with Crippen LogP contribution in [0.4, 0.5) is 0 Å². The Balaban J connectivity index is 1.53. The van der Waals surface area contributed by atoms with Crippen molar-refractivity contribution in [3.63, 3.8) is 0 Å². The first-order valence-corrected chi connectivity index (χ1v) is 14.9. The van der Waals surface area contributed by atoms with Crippen LogP contribution in [0.2, 0.25) is 0 Å². The van der Waals surface area contributed by atoms with E-state index in [9.17, 15) is 24.0 Å². The number of cyclic esters (lactones) is 2. The predicted octanol–water partition coefficient (Wildman–Crippen LogP) is 3.30. The second kappa shape index (κ2) is 16.2. The maximum Gasteiger partial charge on any atom is 0.340 e. The molecule has 248 valence electrons. The molecule has 2 aromatic carbocycles. The SMILES string of the molecule is COc1ccnc(C(=O)N[C@H]2COC(=O)[C@H](Cc3ccccc3)[C@@H](OC(=O)C(C)C)[C@H](C)OC2=O)c1OCOC(=O)c1ccccc1. The first-order valence-electron chi connectivity index (χ1n) is 14.9. The van der Waals surface area contributed by atoms with Gasteiger partial charge in [0, 0.05) is 12.3 Å². The Morgan fingerprint density at radius 1 is 0.979 bits per heavy atom. The Morgan fingerprint density at radius 2 is 1.66 bits per heavy atom. The first kappa shape index (κ1) is 34.4. The Hall–Kier alpha value is -5.46. The van der Waals surface area contributed by atoms with Crippen LogP contribution in [0.3, 0.4) is 0 Å². The van der Waals surface area contributed by atoms with Crippen molar-refractivity contribution in [1.29, 1.82) is 0 Å². The van der Waals surface area contributed by atoms with E-state index in [0.29, 0.717) is 5.56 Å². The Labute approximate surface area is 271 Å². The summed E-state index contributed by atoms with van der Waals surface area (Å²) in [4.78, 5) is 69.3. The maximum absolute atomic E-state index is 13.5. The zero-order valence-corrected chi connectivity index (χ0v) is 26.4. The Kier molecular flexibility index (Phi) is 11.9. The number of amides is 1. The van der Waals surface area contributed by atoms with E-state index in [1.54, 1.807) is 56.3 Å². The third kappa shape index (κ3) is 9.06. The van der Waals surface area contributed by atoms with E-state index in [2.05, 4.69) is 10.3 Å². The topological polar surface area (TPSA) is 166 Å². The van der Waals surface area contributed by atoms with Gasteiger partial charge in [0.25, 0.3) is 5.91 Å². The van der Waals surface area contributed by atoms with Gasteiger partial charge in [-0.25, -0.2) is 14.6 Å². The molecule has 0 radical (unpaired) electrons. The highest BCUT2D eigenvalue weighted by Crippen LogP contribution is 2.30. The van der Waals surface area contributed by atoms with E-state index in [0.717, 1.165) is 5.56 Å². The summed E-state index contributed by atoms with van der Waals surface area (Å²) in [5, 5.41) is 2.47. The second-order valence-electron chi connectivity index (χ2n) is 10.9. The number of nitrogens with one attached hydrogen (secondary N) is 1. The van der Waals surface area contributed by atoms with Crippen LogP contribution in [0.25, 0.3) is 0 Å². The lowest BCUT2D eigenvalue weighted by atomic mass is 9.91. The van der Waals surface area contributed by atoms with E-state index in [4.69, 9.17) is 28.4 Å². The number of pyridine rings is 1. The van der Waals surface area contributed by atoms with Crippen molar-refractivity contribution in [2.45, 2.75) is 45.4 Å². The van der Waals surface area contributed by atoms with Crippen molar-refractivity contribution in [1.82, 2.24) is 10.3 Å². The average Bonchev–Trinajstić information content (AvgIpc) is 3.11. The third-order valence-electron chi connectivity index (χ3n) is 7.17. The number of methoxy groups -OCH3 is 1. The lowest BCUT2D eigenvalue weighted by molar-refractivity contribution is -0.176. The van der Waals surface area contributed by atoms with Crippen molar-refractivity contribution < 1.29 is 52.4 Å². The monoisotopic (exact) mass is 648 g/mol. The van der Waals surface area contributed by atoms with Crippen LogP contribution >= 0.6 is 0 Å². The molecule has 1 aromatic heterocycles.